The third kappa shape index (κ3) is 3.53. The Morgan fingerprint density at radius 1 is 0.963 bits per heavy atom. The zero-order chi connectivity index (χ0) is 18.8. The van der Waals surface area contributed by atoms with Crippen molar-refractivity contribution < 1.29 is 13.9 Å². The summed E-state index contributed by atoms with van der Waals surface area (Å²) >= 11 is 0. The van der Waals surface area contributed by atoms with E-state index in [9.17, 15) is 9.59 Å². The molecule has 1 aromatic heterocycles. The Balaban J connectivity index is 1.53. The smallest absolute Gasteiger partial charge is 0.336 e. The number of carbonyl (C=O) groups excluding carboxylic acids is 1. The molecule has 1 amide bonds. The third-order valence-electron chi connectivity index (χ3n) is 4.32. The fourth-order valence-corrected chi connectivity index (χ4v) is 2.94. The number of benzene rings is 3. The molecule has 0 saturated heterocycles. The van der Waals surface area contributed by atoms with Gasteiger partial charge < -0.3 is 14.5 Å². The highest BCUT2D eigenvalue weighted by atomic mass is 16.5. The molecule has 0 aliphatic heterocycles. The van der Waals surface area contributed by atoms with Gasteiger partial charge in [-0.3, -0.25) is 4.79 Å². The summed E-state index contributed by atoms with van der Waals surface area (Å²) in [6.07, 6.45) is -0.725. The van der Waals surface area contributed by atoms with Crippen molar-refractivity contribution in [1.29, 1.82) is 0 Å². The van der Waals surface area contributed by atoms with E-state index < -0.39 is 11.7 Å². The molecule has 3 aromatic carbocycles. The van der Waals surface area contributed by atoms with Crippen LogP contribution in [-0.4, -0.2) is 12.0 Å². The van der Waals surface area contributed by atoms with Crippen molar-refractivity contribution in [3.05, 3.63) is 83.2 Å². The summed E-state index contributed by atoms with van der Waals surface area (Å²) in [6, 6.07) is 21.8. The van der Waals surface area contributed by atoms with Crippen molar-refractivity contribution in [1.82, 2.24) is 0 Å². The van der Waals surface area contributed by atoms with Crippen molar-refractivity contribution in [3.63, 3.8) is 0 Å². The molecule has 0 aliphatic rings. The number of hydrogen-bond acceptors (Lipinski definition) is 4. The lowest BCUT2D eigenvalue weighted by Crippen LogP contribution is -2.30. The highest BCUT2D eigenvalue weighted by Crippen LogP contribution is 2.24. The Kier molecular flexibility index (Phi) is 4.34. The first-order valence-corrected chi connectivity index (χ1v) is 8.59. The molecule has 1 heterocycles. The van der Waals surface area contributed by atoms with Gasteiger partial charge in [0, 0.05) is 28.6 Å². The van der Waals surface area contributed by atoms with Gasteiger partial charge in [0.15, 0.2) is 6.10 Å². The second-order valence-corrected chi connectivity index (χ2v) is 6.23. The van der Waals surface area contributed by atoms with Gasteiger partial charge in [0.25, 0.3) is 5.91 Å². The Labute approximate surface area is 155 Å². The van der Waals surface area contributed by atoms with Gasteiger partial charge in [-0.15, -0.1) is 0 Å². The van der Waals surface area contributed by atoms with Crippen molar-refractivity contribution in [2.45, 2.75) is 13.0 Å². The fraction of sp³-hybridized carbons (Fsp3) is 0.0909. The predicted molar refractivity (Wildman–Crippen MR) is 105 cm³/mol. The first-order valence-electron chi connectivity index (χ1n) is 8.59. The van der Waals surface area contributed by atoms with Crippen LogP contribution in [0.4, 0.5) is 5.69 Å². The van der Waals surface area contributed by atoms with Crippen molar-refractivity contribution in [3.8, 4) is 5.75 Å². The molecule has 0 unspecified atom stereocenters. The maximum Gasteiger partial charge on any atom is 0.336 e. The first-order chi connectivity index (χ1) is 13.1. The van der Waals surface area contributed by atoms with Crippen molar-refractivity contribution >= 4 is 33.3 Å². The molecule has 1 atom stereocenters. The van der Waals surface area contributed by atoms with Crippen LogP contribution in [0.3, 0.4) is 0 Å². The molecule has 27 heavy (non-hydrogen) atoms. The molecule has 4 rings (SSSR count). The van der Waals surface area contributed by atoms with Gasteiger partial charge in [-0.25, -0.2) is 4.79 Å². The first kappa shape index (κ1) is 16.8. The highest BCUT2D eigenvalue weighted by Gasteiger charge is 2.16. The molecular formula is C22H17NO4. The zero-order valence-corrected chi connectivity index (χ0v) is 14.6. The Hall–Kier alpha value is -3.60. The second kappa shape index (κ2) is 6.96. The fourth-order valence-electron chi connectivity index (χ4n) is 2.94. The number of fused-ring (bicyclic) bond motifs is 2. The van der Waals surface area contributed by atoms with Gasteiger partial charge in [-0.2, -0.15) is 0 Å². The molecule has 0 bridgehead atoms. The highest BCUT2D eigenvalue weighted by molar-refractivity contribution is 6.03. The molecule has 1 N–H and O–H groups in total. The standard InChI is InChI=1S/C22H17NO4/c1-14(26-17-11-9-16-10-12-21(24)27-20(16)13-17)22(25)23-19-8-4-6-15-5-2-3-7-18(15)19/h2-14H,1H3,(H,23,25)/t14-/m0/s1. The van der Waals surface area contributed by atoms with E-state index in [1.165, 1.54) is 6.07 Å². The van der Waals surface area contributed by atoms with Crippen molar-refractivity contribution in [2.24, 2.45) is 0 Å². The minimum absolute atomic E-state index is 0.263. The number of anilines is 1. The molecule has 5 heteroatoms. The summed E-state index contributed by atoms with van der Waals surface area (Å²) in [7, 11) is 0. The van der Waals surface area contributed by atoms with Crippen LogP contribution < -0.4 is 15.7 Å². The summed E-state index contributed by atoms with van der Waals surface area (Å²) in [5, 5.41) is 5.72. The summed E-state index contributed by atoms with van der Waals surface area (Å²) in [4.78, 5) is 23.9. The summed E-state index contributed by atoms with van der Waals surface area (Å²) in [6.45, 7) is 1.67. The average molecular weight is 359 g/mol. The number of nitrogens with one attached hydrogen (secondary N) is 1. The van der Waals surface area contributed by atoms with Crippen LogP contribution in [0.25, 0.3) is 21.7 Å². The van der Waals surface area contributed by atoms with Gasteiger partial charge in [0.2, 0.25) is 0 Å². The van der Waals surface area contributed by atoms with E-state index in [2.05, 4.69) is 5.32 Å². The summed E-state index contributed by atoms with van der Waals surface area (Å²) in [5.74, 6) is 0.193. The van der Waals surface area contributed by atoms with Crippen LogP contribution in [0.5, 0.6) is 5.75 Å². The molecule has 0 aliphatic carbocycles. The minimum Gasteiger partial charge on any atom is -0.481 e. The molecule has 134 valence electrons. The lowest BCUT2D eigenvalue weighted by Gasteiger charge is -2.16. The Morgan fingerprint density at radius 3 is 2.63 bits per heavy atom. The van der Waals surface area contributed by atoms with Crippen LogP contribution in [-0.2, 0) is 4.79 Å². The van der Waals surface area contributed by atoms with E-state index in [4.69, 9.17) is 9.15 Å². The van der Waals surface area contributed by atoms with E-state index >= 15 is 0 Å². The van der Waals surface area contributed by atoms with Gasteiger partial charge in [-0.1, -0.05) is 36.4 Å². The summed E-state index contributed by atoms with van der Waals surface area (Å²) < 4.78 is 10.9. The predicted octanol–water partition coefficient (Wildman–Crippen LogP) is 4.35. The van der Waals surface area contributed by atoms with E-state index in [0.29, 0.717) is 11.3 Å². The molecule has 5 nitrogen and oxygen atoms in total. The van der Waals surface area contributed by atoms with Gasteiger partial charge in [0.05, 0.1) is 0 Å². The molecule has 0 saturated carbocycles. The van der Waals surface area contributed by atoms with Crippen LogP contribution in [0.2, 0.25) is 0 Å². The number of rotatable bonds is 4. The van der Waals surface area contributed by atoms with Gasteiger partial charge in [-0.05, 0) is 36.6 Å². The topological polar surface area (TPSA) is 68.5 Å². The van der Waals surface area contributed by atoms with E-state index in [-0.39, 0.29) is 5.91 Å². The normalized spacial score (nSPS) is 12.0. The lowest BCUT2D eigenvalue weighted by molar-refractivity contribution is -0.122. The number of hydrogen-bond donors (Lipinski definition) is 1. The SMILES string of the molecule is C[C@H](Oc1ccc2ccc(=O)oc2c1)C(=O)Nc1cccc2ccccc12. The molecule has 0 spiro atoms. The number of amides is 1. The average Bonchev–Trinajstić information content (AvgIpc) is 2.68. The molecule has 4 aromatic rings. The molecular weight excluding hydrogens is 342 g/mol. The van der Waals surface area contributed by atoms with Crippen molar-refractivity contribution in [2.75, 3.05) is 5.32 Å². The molecule has 0 fully saturated rings. The van der Waals surface area contributed by atoms with Crippen LogP contribution >= 0.6 is 0 Å². The quantitative estimate of drug-likeness (QED) is 0.550. The van der Waals surface area contributed by atoms with E-state index in [0.717, 1.165) is 21.8 Å². The third-order valence-corrected chi connectivity index (χ3v) is 4.32. The van der Waals surface area contributed by atoms with E-state index in [1.54, 1.807) is 31.2 Å². The molecule has 0 radical (unpaired) electrons. The number of carbonyl (C=O) groups is 1. The monoisotopic (exact) mass is 359 g/mol. The lowest BCUT2D eigenvalue weighted by atomic mass is 10.1. The zero-order valence-electron chi connectivity index (χ0n) is 14.6. The Morgan fingerprint density at radius 2 is 1.74 bits per heavy atom. The maximum absolute atomic E-state index is 12.6. The van der Waals surface area contributed by atoms with Crippen LogP contribution in [0.15, 0.2) is 82.0 Å². The van der Waals surface area contributed by atoms with Crippen LogP contribution in [0.1, 0.15) is 6.92 Å². The van der Waals surface area contributed by atoms with Gasteiger partial charge >= 0.3 is 5.63 Å². The largest absolute Gasteiger partial charge is 0.481 e. The maximum atomic E-state index is 12.6. The van der Waals surface area contributed by atoms with E-state index in [1.807, 2.05) is 42.5 Å². The minimum atomic E-state index is -0.725. The second-order valence-electron chi connectivity index (χ2n) is 6.23. The summed E-state index contributed by atoms with van der Waals surface area (Å²) in [5.41, 5.74) is 0.723. The van der Waals surface area contributed by atoms with Crippen LogP contribution in [0, 0.1) is 0 Å². The number of ether oxygens (including phenoxy) is 1. The Bertz CT molecular complexity index is 1190. The van der Waals surface area contributed by atoms with Gasteiger partial charge in [0.1, 0.15) is 11.3 Å².